The van der Waals surface area contributed by atoms with E-state index in [9.17, 15) is 0 Å². The number of nitrogens with zero attached hydrogens (tertiary/aromatic N) is 4. The van der Waals surface area contributed by atoms with Crippen LogP contribution in [0.2, 0.25) is 0 Å². The lowest BCUT2D eigenvalue weighted by Crippen LogP contribution is -2.34. The molecule has 1 unspecified atom stereocenters. The number of hydrogen-bond donors (Lipinski definition) is 1. The normalized spacial score (nSPS) is 17.8. The van der Waals surface area contributed by atoms with Gasteiger partial charge in [0.05, 0.1) is 11.3 Å². The van der Waals surface area contributed by atoms with Crippen molar-refractivity contribution in [2.24, 2.45) is 5.92 Å². The molecule has 2 heterocycles. The van der Waals surface area contributed by atoms with Crippen molar-refractivity contribution < 1.29 is 0 Å². The number of nitrogens with one attached hydrogen (secondary N) is 1. The van der Waals surface area contributed by atoms with Crippen molar-refractivity contribution >= 4 is 17.5 Å². The summed E-state index contributed by atoms with van der Waals surface area (Å²) >= 11 is 0. The van der Waals surface area contributed by atoms with Crippen molar-refractivity contribution in [3.63, 3.8) is 0 Å². The SMILES string of the molecule is CC1CCCN(c2ccnc(Nc3ccccc3C#N)n2)C1. The molecule has 1 fully saturated rings. The Balaban J connectivity index is 1.81. The van der Waals surface area contributed by atoms with Gasteiger partial charge in [0.15, 0.2) is 0 Å². The van der Waals surface area contributed by atoms with E-state index in [0.29, 0.717) is 17.4 Å². The molecule has 1 saturated heterocycles. The summed E-state index contributed by atoms with van der Waals surface area (Å²) in [5, 5.41) is 12.3. The molecule has 1 aromatic heterocycles. The van der Waals surface area contributed by atoms with Crippen LogP contribution in [0.25, 0.3) is 0 Å². The third-order valence-electron chi connectivity index (χ3n) is 3.92. The quantitative estimate of drug-likeness (QED) is 0.940. The van der Waals surface area contributed by atoms with E-state index < -0.39 is 0 Å². The van der Waals surface area contributed by atoms with Crippen molar-refractivity contribution in [3.8, 4) is 6.07 Å². The zero-order chi connectivity index (χ0) is 15.4. The summed E-state index contributed by atoms with van der Waals surface area (Å²) in [4.78, 5) is 11.2. The fourth-order valence-corrected chi connectivity index (χ4v) is 2.79. The molecule has 0 bridgehead atoms. The molecule has 22 heavy (non-hydrogen) atoms. The third kappa shape index (κ3) is 3.17. The fourth-order valence-electron chi connectivity index (χ4n) is 2.79. The van der Waals surface area contributed by atoms with Crippen molar-refractivity contribution in [1.82, 2.24) is 9.97 Å². The smallest absolute Gasteiger partial charge is 0.229 e. The molecule has 1 N–H and O–H groups in total. The zero-order valence-electron chi connectivity index (χ0n) is 12.7. The minimum Gasteiger partial charge on any atom is -0.356 e. The average Bonchev–Trinajstić information content (AvgIpc) is 2.56. The van der Waals surface area contributed by atoms with Gasteiger partial charge >= 0.3 is 0 Å². The molecule has 0 radical (unpaired) electrons. The molecule has 1 aromatic carbocycles. The Hall–Kier alpha value is -2.61. The van der Waals surface area contributed by atoms with Crippen LogP contribution in [0.5, 0.6) is 0 Å². The predicted octanol–water partition coefficient (Wildman–Crippen LogP) is 3.33. The number of rotatable bonds is 3. The van der Waals surface area contributed by atoms with Gasteiger partial charge in [-0.25, -0.2) is 4.98 Å². The van der Waals surface area contributed by atoms with Gasteiger partial charge in [0.1, 0.15) is 11.9 Å². The topological polar surface area (TPSA) is 64.8 Å². The molecule has 5 nitrogen and oxygen atoms in total. The average molecular weight is 293 g/mol. The molecule has 3 rings (SSSR count). The van der Waals surface area contributed by atoms with Crippen molar-refractivity contribution in [3.05, 3.63) is 42.1 Å². The van der Waals surface area contributed by atoms with Gasteiger partial charge in [-0.15, -0.1) is 0 Å². The largest absolute Gasteiger partial charge is 0.356 e. The van der Waals surface area contributed by atoms with Crippen LogP contribution in [0.4, 0.5) is 17.5 Å². The standard InChI is InChI=1S/C17H19N5/c1-13-5-4-10-22(12-13)16-8-9-19-17(21-16)20-15-7-3-2-6-14(15)11-18/h2-3,6-9,13H,4-5,10,12H2,1H3,(H,19,20,21). The number of para-hydroxylation sites is 1. The van der Waals surface area contributed by atoms with Gasteiger partial charge < -0.3 is 10.2 Å². The van der Waals surface area contributed by atoms with Gasteiger partial charge in [0.25, 0.3) is 0 Å². The van der Waals surface area contributed by atoms with E-state index in [-0.39, 0.29) is 0 Å². The van der Waals surface area contributed by atoms with E-state index in [4.69, 9.17) is 5.26 Å². The Labute approximate surface area is 130 Å². The maximum atomic E-state index is 9.15. The van der Waals surface area contributed by atoms with Crippen LogP contribution in [0.3, 0.4) is 0 Å². The Bertz CT molecular complexity index is 691. The highest BCUT2D eigenvalue weighted by atomic mass is 15.2. The van der Waals surface area contributed by atoms with Crippen LogP contribution >= 0.6 is 0 Å². The van der Waals surface area contributed by atoms with E-state index in [1.807, 2.05) is 24.3 Å². The van der Waals surface area contributed by atoms with Gasteiger partial charge in [-0.1, -0.05) is 19.1 Å². The van der Waals surface area contributed by atoms with E-state index in [1.54, 1.807) is 12.3 Å². The Morgan fingerprint density at radius 1 is 1.32 bits per heavy atom. The lowest BCUT2D eigenvalue weighted by atomic mass is 10.0. The summed E-state index contributed by atoms with van der Waals surface area (Å²) in [5.74, 6) is 2.16. The van der Waals surface area contributed by atoms with Crippen LogP contribution in [0.15, 0.2) is 36.5 Å². The highest BCUT2D eigenvalue weighted by Crippen LogP contribution is 2.23. The minimum atomic E-state index is 0.526. The molecule has 5 heteroatoms. The van der Waals surface area contributed by atoms with E-state index in [1.165, 1.54) is 12.8 Å². The summed E-state index contributed by atoms with van der Waals surface area (Å²) in [6, 6.07) is 11.5. The third-order valence-corrected chi connectivity index (χ3v) is 3.92. The minimum absolute atomic E-state index is 0.526. The molecule has 2 aromatic rings. The highest BCUT2D eigenvalue weighted by Gasteiger charge is 2.18. The maximum absolute atomic E-state index is 9.15. The van der Waals surface area contributed by atoms with Crippen LogP contribution in [0.1, 0.15) is 25.3 Å². The Morgan fingerprint density at radius 2 is 2.18 bits per heavy atom. The number of aromatic nitrogens is 2. The zero-order valence-corrected chi connectivity index (χ0v) is 12.7. The second-order valence-corrected chi connectivity index (χ2v) is 5.71. The van der Waals surface area contributed by atoms with E-state index in [2.05, 4.69) is 33.2 Å². The molecule has 1 aliphatic heterocycles. The molecule has 1 atom stereocenters. The molecule has 0 aliphatic carbocycles. The van der Waals surface area contributed by atoms with E-state index >= 15 is 0 Å². The first-order valence-corrected chi connectivity index (χ1v) is 7.60. The van der Waals surface area contributed by atoms with Gasteiger partial charge in [-0.3, -0.25) is 0 Å². The Kier molecular flexibility index (Phi) is 4.19. The van der Waals surface area contributed by atoms with Crippen molar-refractivity contribution in [2.75, 3.05) is 23.3 Å². The number of benzene rings is 1. The monoisotopic (exact) mass is 293 g/mol. The summed E-state index contributed by atoms with van der Waals surface area (Å²) in [6.45, 7) is 4.34. The molecule has 0 amide bonds. The molecule has 112 valence electrons. The van der Waals surface area contributed by atoms with Gasteiger partial charge in [-0.2, -0.15) is 10.2 Å². The van der Waals surface area contributed by atoms with Gasteiger partial charge in [-0.05, 0) is 37.0 Å². The first-order chi connectivity index (χ1) is 10.8. The van der Waals surface area contributed by atoms with Gasteiger partial charge in [0, 0.05) is 19.3 Å². The second kappa shape index (κ2) is 6.44. The number of hydrogen-bond acceptors (Lipinski definition) is 5. The van der Waals surface area contributed by atoms with Crippen LogP contribution in [0, 0.1) is 17.2 Å². The number of nitriles is 1. The summed E-state index contributed by atoms with van der Waals surface area (Å²) in [5.41, 5.74) is 1.32. The summed E-state index contributed by atoms with van der Waals surface area (Å²) in [7, 11) is 0. The van der Waals surface area contributed by atoms with Gasteiger partial charge in [0.2, 0.25) is 5.95 Å². The lowest BCUT2D eigenvalue weighted by molar-refractivity contribution is 0.444. The van der Waals surface area contributed by atoms with E-state index in [0.717, 1.165) is 24.6 Å². The van der Waals surface area contributed by atoms with Crippen LogP contribution in [-0.4, -0.2) is 23.1 Å². The van der Waals surface area contributed by atoms with Crippen LogP contribution < -0.4 is 10.2 Å². The molecular weight excluding hydrogens is 274 g/mol. The predicted molar refractivity (Wildman–Crippen MR) is 87.1 cm³/mol. The molecule has 0 saturated carbocycles. The number of piperidine rings is 1. The maximum Gasteiger partial charge on any atom is 0.229 e. The first-order valence-electron chi connectivity index (χ1n) is 7.60. The van der Waals surface area contributed by atoms with Crippen LogP contribution in [-0.2, 0) is 0 Å². The number of anilines is 3. The molecule has 1 aliphatic rings. The highest BCUT2D eigenvalue weighted by molar-refractivity contribution is 5.63. The molecule has 0 spiro atoms. The lowest BCUT2D eigenvalue weighted by Gasteiger charge is -2.31. The summed E-state index contributed by atoms with van der Waals surface area (Å²) < 4.78 is 0. The Morgan fingerprint density at radius 3 is 3.00 bits per heavy atom. The van der Waals surface area contributed by atoms with Crippen molar-refractivity contribution in [2.45, 2.75) is 19.8 Å². The molecular formula is C17H19N5. The fraction of sp³-hybridized carbons (Fsp3) is 0.353. The summed E-state index contributed by atoms with van der Waals surface area (Å²) in [6.07, 6.45) is 4.24. The van der Waals surface area contributed by atoms with Crippen molar-refractivity contribution in [1.29, 1.82) is 5.26 Å². The first kappa shape index (κ1) is 14.3. The second-order valence-electron chi connectivity index (χ2n) is 5.71.